The van der Waals surface area contributed by atoms with Crippen LogP contribution in [0.1, 0.15) is 25.7 Å². The van der Waals surface area contributed by atoms with Crippen LogP contribution in [0.2, 0.25) is 0 Å². The number of hydrazine groups is 1. The summed E-state index contributed by atoms with van der Waals surface area (Å²) in [6.07, 6.45) is 4.72. The lowest BCUT2D eigenvalue weighted by Crippen LogP contribution is -2.53. The van der Waals surface area contributed by atoms with Crippen molar-refractivity contribution in [3.63, 3.8) is 0 Å². The Balaban J connectivity index is 1.66. The first kappa shape index (κ1) is 10.7. The van der Waals surface area contributed by atoms with E-state index in [4.69, 9.17) is 4.74 Å². The molecule has 5 heteroatoms. The molecule has 1 saturated carbocycles. The van der Waals surface area contributed by atoms with E-state index >= 15 is 0 Å². The number of ether oxygens (including phenoxy) is 1. The van der Waals surface area contributed by atoms with Crippen LogP contribution in [0.25, 0.3) is 0 Å². The van der Waals surface area contributed by atoms with Crippen LogP contribution < -0.4 is 10.7 Å². The van der Waals surface area contributed by atoms with E-state index in [9.17, 15) is 4.79 Å². The van der Waals surface area contributed by atoms with Gasteiger partial charge in [0, 0.05) is 19.1 Å². The van der Waals surface area contributed by atoms with Crippen molar-refractivity contribution >= 4 is 6.03 Å². The number of nitrogens with zero attached hydrogens (tertiary/aromatic N) is 1. The maximum atomic E-state index is 11.6. The van der Waals surface area contributed by atoms with E-state index in [-0.39, 0.29) is 6.03 Å². The van der Waals surface area contributed by atoms with E-state index < -0.39 is 0 Å². The van der Waals surface area contributed by atoms with Crippen LogP contribution in [-0.2, 0) is 4.74 Å². The van der Waals surface area contributed by atoms with Crippen LogP contribution >= 0.6 is 0 Å². The van der Waals surface area contributed by atoms with Gasteiger partial charge in [-0.3, -0.25) is 5.43 Å². The van der Waals surface area contributed by atoms with Crippen molar-refractivity contribution in [2.24, 2.45) is 0 Å². The molecular weight excluding hydrogens is 194 g/mol. The average molecular weight is 213 g/mol. The molecule has 1 aliphatic heterocycles. The van der Waals surface area contributed by atoms with Crippen molar-refractivity contribution < 1.29 is 9.53 Å². The van der Waals surface area contributed by atoms with Crippen LogP contribution in [0.15, 0.2) is 0 Å². The predicted octanol–water partition coefficient (Wildman–Crippen LogP) is 0.475. The number of hydrogen-bond donors (Lipinski definition) is 2. The van der Waals surface area contributed by atoms with Crippen molar-refractivity contribution in [1.82, 2.24) is 15.8 Å². The van der Waals surface area contributed by atoms with Gasteiger partial charge in [0.15, 0.2) is 0 Å². The largest absolute Gasteiger partial charge is 0.379 e. The summed E-state index contributed by atoms with van der Waals surface area (Å²) in [6, 6.07) is 0.315. The van der Waals surface area contributed by atoms with Crippen molar-refractivity contribution in [2.75, 3.05) is 26.3 Å². The van der Waals surface area contributed by atoms with E-state index in [1.165, 1.54) is 12.8 Å². The smallest absolute Gasteiger partial charge is 0.329 e. The Kier molecular flexibility index (Phi) is 3.80. The molecular formula is C10H19N3O2. The molecule has 2 amide bonds. The van der Waals surface area contributed by atoms with Gasteiger partial charge < -0.3 is 10.1 Å². The Labute approximate surface area is 90.1 Å². The maximum absolute atomic E-state index is 11.6. The molecule has 0 aromatic rings. The highest BCUT2D eigenvalue weighted by atomic mass is 16.5. The van der Waals surface area contributed by atoms with Crippen LogP contribution in [0.5, 0.6) is 0 Å². The molecule has 0 aromatic carbocycles. The Morgan fingerprint density at radius 2 is 1.87 bits per heavy atom. The summed E-state index contributed by atoms with van der Waals surface area (Å²) in [4.78, 5) is 11.6. The molecule has 86 valence electrons. The van der Waals surface area contributed by atoms with Crippen LogP contribution in [0, 0.1) is 0 Å². The lowest BCUT2D eigenvalue weighted by Gasteiger charge is -2.27. The lowest BCUT2D eigenvalue weighted by molar-refractivity contribution is 0.0193. The third-order valence-electron chi connectivity index (χ3n) is 2.96. The van der Waals surface area contributed by atoms with Gasteiger partial charge in [0.05, 0.1) is 13.2 Å². The standard InChI is InChI=1S/C10H19N3O2/c14-10(11-9-3-1-2-4-9)12-13-5-7-15-8-6-13/h9H,1-8H2,(H2,11,12,14). The number of carbonyl (C=O) groups excluding carboxylic acids is 1. The fourth-order valence-corrected chi connectivity index (χ4v) is 2.11. The number of carbonyl (C=O) groups is 1. The number of hydrogen-bond acceptors (Lipinski definition) is 3. The third kappa shape index (κ3) is 3.35. The lowest BCUT2D eigenvalue weighted by atomic mass is 10.3. The Morgan fingerprint density at radius 1 is 1.20 bits per heavy atom. The van der Waals surface area contributed by atoms with Gasteiger partial charge in [-0.1, -0.05) is 12.8 Å². The zero-order valence-electron chi connectivity index (χ0n) is 9.00. The number of nitrogens with one attached hydrogen (secondary N) is 2. The highest BCUT2D eigenvalue weighted by Crippen LogP contribution is 2.17. The van der Waals surface area contributed by atoms with Crippen LogP contribution in [0.4, 0.5) is 4.79 Å². The molecule has 0 atom stereocenters. The van der Waals surface area contributed by atoms with Crippen molar-refractivity contribution in [3.05, 3.63) is 0 Å². The molecule has 2 aliphatic rings. The first-order valence-corrected chi connectivity index (χ1v) is 5.74. The minimum absolute atomic E-state index is 0.0659. The first-order chi connectivity index (χ1) is 7.34. The summed E-state index contributed by atoms with van der Waals surface area (Å²) < 4.78 is 5.20. The second-order valence-electron chi connectivity index (χ2n) is 4.17. The van der Waals surface area contributed by atoms with Gasteiger partial charge >= 0.3 is 6.03 Å². The van der Waals surface area contributed by atoms with Crippen molar-refractivity contribution in [3.8, 4) is 0 Å². The number of morpholine rings is 1. The summed E-state index contributed by atoms with van der Waals surface area (Å²) >= 11 is 0. The van der Waals surface area contributed by atoms with Crippen molar-refractivity contribution in [2.45, 2.75) is 31.7 Å². The summed E-state index contributed by atoms with van der Waals surface area (Å²) in [5.41, 5.74) is 2.85. The molecule has 0 radical (unpaired) electrons. The molecule has 0 bridgehead atoms. The molecule has 1 aliphatic carbocycles. The molecule has 1 heterocycles. The summed E-state index contributed by atoms with van der Waals surface area (Å²) in [7, 11) is 0. The molecule has 0 spiro atoms. The van der Waals surface area contributed by atoms with Gasteiger partial charge in [0.2, 0.25) is 0 Å². The fourth-order valence-electron chi connectivity index (χ4n) is 2.11. The Morgan fingerprint density at radius 3 is 2.53 bits per heavy atom. The number of urea groups is 1. The second-order valence-corrected chi connectivity index (χ2v) is 4.17. The second kappa shape index (κ2) is 5.32. The first-order valence-electron chi connectivity index (χ1n) is 5.74. The molecule has 2 fully saturated rings. The minimum atomic E-state index is -0.0659. The third-order valence-corrected chi connectivity index (χ3v) is 2.96. The normalized spacial score (nSPS) is 24.0. The molecule has 2 rings (SSSR count). The number of rotatable bonds is 2. The minimum Gasteiger partial charge on any atom is -0.379 e. The van der Waals surface area contributed by atoms with E-state index in [1.54, 1.807) is 0 Å². The molecule has 2 N–H and O–H groups in total. The van der Waals surface area contributed by atoms with E-state index in [1.807, 2.05) is 5.01 Å². The topological polar surface area (TPSA) is 53.6 Å². The van der Waals surface area contributed by atoms with Gasteiger partial charge in [-0.25, -0.2) is 9.80 Å². The van der Waals surface area contributed by atoms with Gasteiger partial charge in [-0.2, -0.15) is 0 Å². The monoisotopic (exact) mass is 213 g/mol. The zero-order chi connectivity index (χ0) is 10.5. The predicted molar refractivity (Wildman–Crippen MR) is 56.3 cm³/mol. The molecule has 15 heavy (non-hydrogen) atoms. The van der Waals surface area contributed by atoms with Gasteiger partial charge in [-0.05, 0) is 12.8 Å². The zero-order valence-corrected chi connectivity index (χ0v) is 9.00. The summed E-state index contributed by atoms with van der Waals surface area (Å²) in [5, 5.41) is 4.90. The fraction of sp³-hybridized carbons (Fsp3) is 0.900. The van der Waals surface area contributed by atoms with Gasteiger partial charge in [0.25, 0.3) is 0 Å². The molecule has 0 aromatic heterocycles. The summed E-state index contributed by atoms with van der Waals surface area (Å²) in [6.45, 7) is 2.95. The quantitative estimate of drug-likeness (QED) is 0.701. The highest BCUT2D eigenvalue weighted by Gasteiger charge is 2.18. The maximum Gasteiger partial charge on any atom is 0.329 e. The molecule has 0 unspecified atom stereocenters. The summed E-state index contributed by atoms with van der Waals surface area (Å²) in [5.74, 6) is 0. The van der Waals surface area contributed by atoms with Crippen LogP contribution in [-0.4, -0.2) is 43.4 Å². The van der Waals surface area contributed by atoms with Gasteiger partial charge in [-0.15, -0.1) is 0 Å². The van der Waals surface area contributed by atoms with Gasteiger partial charge in [0.1, 0.15) is 0 Å². The van der Waals surface area contributed by atoms with Crippen molar-refractivity contribution in [1.29, 1.82) is 0 Å². The van der Waals surface area contributed by atoms with E-state index in [0.29, 0.717) is 19.3 Å². The van der Waals surface area contributed by atoms with E-state index in [0.717, 1.165) is 25.9 Å². The van der Waals surface area contributed by atoms with E-state index in [2.05, 4.69) is 10.7 Å². The molecule has 5 nitrogen and oxygen atoms in total. The Bertz CT molecular complexity index is 211. The molecule has 1 saturated heterocycles. The SMILES string of the molecule is O=C(NC1CCCC1)NN1CCOCC1. The Hall–Kier alpha value is -0.810. The van der Waals surface area contributed by atoms with Crippen LogP contribution in [0.3, 0.4) is 0 Å². The average Bonchev–Trinajstić information content (AvgIpc) is 2.71. The highest BCUT2D eigenvalue weighted by molar-refractivity contribution is 5.73. The number of amides is 2.